The number of H-pyrrole nitrogens is 1. The Morgan fingerprint density at radius 1 is 1.48 bits per heavy atom. The number of nitrogen functional groups attached to an aromatic ring is 1. The van der Waals surface area contributed by atoms with Gasteiger partial charge in [-0.2, -0.15) is 0 Å². The lowest BCUT2D eigenvalue weighted by Crippen LogP contribution is -2.46. The number of likely N-dealkylation sites (tertiary alicyclic amines) is 1. The molecular formula is C16H21N3O2. The number of nitrogens with zero attached hydrogens (tertiary/aromatic N) is 1. The van der Waals surface area contributed by atoms with Gasteiger partial charge in [0.25, 0.3) is 5.91 Å². The van der Waals surface area contributed by atoms with Crippen molar-refractivity contribution in [2.75, 3.05) is 25.9 Å². The van der Waals surface area contributed by atoms with Crippen LogP contribution in [0.25, 0.3) is 10.9 Å². The van der Waals surface area contributed by atoms with E-state index in [9.17, 15) is 4.79 Å². The van der Waals surface area contributed by atoms with Crippen molar-refractivity contribution in [3.63, 3.8) is 0 Å². The molecule has 0 bridgehead atoms. The van der Waals surface area contributed by atoms with Gasteiger partial charge in [-0.25, -0.2) is 0 Å². The van der Waals surface area contributed by atoms with Gasteiger partial charge in [0.2, 0.25) is 0 Å². The first-order valence-corrected chi connectivity index (χ1v) is 7.29. The highest BCUT2D eigenvalue weighted by molar-refractivity contribution is 6.07. The van der Waals surface area contributed by atoms with Crippen molar-refractivity contribution in [2.24, 2.45) is 5.92 Å². The lowest BCUT2D eigenvalue weighted by Gasteiger charge is -2.36. The number of carbonyl (C=O) groups is 1. The predicted molar refractivity (Wildman–Crippen MR) is 83.2 cm³/mol. The van der Waals surface area contributed by atoms with Crippen LogP contribution >= 0.6 is 0 Å². The van der Waals surface area contributed by atoms with E-state index in [1.54, 1.807) is 13.3 Å². The molecule has 0 aliphatic carbocycles. The molecule has 0 spiro atoms. The maximum absolute atomic E-state index is 12.8. The standard InChI is InChI=1S/C16H21N3O2/c1-10-5-6-19(9-15(10)21-2)16(20)13-8-18-14-4-3-11(17)7-12(13)14/h3-4,7-8,10,15,18H,5-6,9,17H2,1-2H3. The monoisotopic (exact) mass is 287 g/mol. The number of nitrogens with one attached hydrogen (secondary N) is 1. The topological polar surface area (TPSA) is 71.3 Å². The molecule has 112 valence electrons. The molecule has 5 nitrogen and oxygen atoms in total. The molecule has 2 atom stereocenters. The fourth-order valence-electron chi connectivity index (χ4n) is 3.01. The quantitative estimate of drug-likeness (QED) is 0.832. The summed E-state index contributed by atoms with van der Waals surface area (Å²) in [5.41, 5.74) is 8.11. The minimum Gasteiger partial charge on any atom is -0.399 e. The third-order valence-electron chi connectivity index (χ3n) is 4.42. The smallest absolute Gasteiger partial charge is 0.256 e. The minimum absolute atomic E-state index is 0.0424. The van der Waals surface area contributed by atoms with Gasteiger partial charge in [-0.1, -0.05) is 6.92 Å². The van der Waals surface area contributed by atoms with E-state index in [0.29, 0.717) is 23.7 Å². The van der Waals surface area contributed by atoms with Gasteiger partial charge in [-0.15, -0.1) is 0 Å². The zero-order valence-electron chi connectivity index (χ0n) is 12.4. The lowest BCUT2D eigenvalue weighted by molar-refractivity contribution is -0.00149. The van der Waals surface area contributed by atoms with E-state index in [1.165, 1.54) is 0 Å². The van der Waals surface area contributed by atoms with Gasteiger partial charge in [0.1, 0.15) is 0 Å². The zero-order chi connectivity index (χ0) is 15.0. The summed E-state index contributed by atoms with van der Waals surface area (Å²) < 4.78 is 5.49. The summed E-state index contributed by atoms with van der Waals surface area (Å²) in [4.78, 5) is 17.8. The third kappa shape index (κ3) is 2.49. The van der Waals surface area contributed by atoms with Crippen molar-refractivity contribution in [1.29, 1.82) is 0 Å². The average molecular weight is 287 g/mol. The number of hydrogen-bond donors (Lipinski definition) is 2. The van der Waals surface area contributed by atoms with Crippen molar-refractivity contribution >= 4 is 22.5 Å². The first-order valence-electron chi connectivity index (χ1n) is 7.29. The van der Waals surface area contributed by atoms with E-state index in [2.05, 4.69) is 11.9 Å². The highest BCUT2D eigenvalue weighted by atomic mass is 16.5. The summed E-state index contributed by atoms with van der Waals surface area (Å²) in [6.07, 6.45) is 2.85. The second-order valence-corrected chi connectivity index (χ2v) is 5.80. The molecule has 21 heavy (non-hydrogen) atoms. The van der Waals surface area contributed by atoms with E-state index in [-0.39, 0.29) is 12.0 Å². The van der Waals surface area contributed by atoms with Gasteiger partial charge in [0, 0.05) is 43.0 Å². The normalized spacial score (nSPS) is 22.7. The molecule has 3 rings (SSSR count). The Balaban J connectivity index is 1.88. The summed E-state index contributed by atoms with van der Waals surface area (Å²) in [5.74, 6) is 0.526. The molecule has 1 aromatic heterocycles. The highest BCUT2D eigenvalue weighted by Gasteiger charge is 2.30. The van der Waals surface area contributed by atoms with E-state index in [0.717, 1.165) is 23.9 Å². The summed E-state index contributed by atoms with van der Waals surface area (Å²) >= 11 is 0. The fourth-order valence-corrected chi connectivity index (χ4v) is 3.01. The molecule has 1 amide bonds. The van der Waals surface area contributed by atoms with Crippen LogP contribution in [0.2, 0.25) is 0 Å². The van der Waals surface area contributed by atoms with Gasteiger partial charge in [0.15, 0.2) is 0 Å². The second kappa shape index (κ2) is 5.41. The number of rotatable bonds is 2. The molecule has 2 aromatic rings. The molecule has 2 unspecified atom stereocenters. The maximum atomic E-state index is 12.8. The van der Waals surface area contributed by atoms with E-state index in [4.69, 9.17) is 10.5 Å². The van der Waals surface area contributed by atoms with Crippen molar-refractivity contribution in [1.82, 2.24) is 9.88 Å². The Labute approximate surface area is 124 Å². The van der Waals surface area contributed by atoms with Crippen LogP contribution in [-0.4, -0.2) is 42.1 Å². The van der Waals surface area contributed by atoms with Crippen LogP contribution in [0.4, 0.5) is 5.69 Å². The van der Waals surface area contributed by atoms with Crippen molar-refractivity contribution in [3.05, 3.63) is 30.0 Å². The SMILES string of the molecule is COC1CN(C(=O)c2c[nH]c3ccc(N)cc23)CCC1C. The molecular weight excluding hydrogens is 266 g/mol. The first-order chi connectivity index (χ1) is 10.1. The van der Waals surface area contributed by atoms with Gasteiger partial charge in [-0.3, -0.25) is 4.79 Å². The number of ether oxygens (including phenoxy) is 1. The number of piperidine rings is 1. The largest absolute Gasteiger partial charge is 0.399 e. The minimum atomic E-state index is 0.0424. The van der Waals surface area contributed by atoms with Crippen molar-refractivity contribution in [2.45, 2.75) is 19.4 Å². The number of anilines is 1. The molecule has 1 fully saturated rings. The molecule has 1 aliphatic heterocycles. The summed E-state index contributed by atoms with van der Waals surface area (Å²) in [5, 5.41) is 0.882. The van der Waals surface area contributed by atoms with E-state index < -0.39 is 0 Å². The molecule has 3 N–H and O–H groups in total. The number of aromatic amines is 1. The Morgan fingerprint density at radius 3 is 3.05 bits per heavy atom. The highest BCUT2D eigenvalue weighted by Crippen LogP contribution is 2.25. The Kier molecular flexibility index (Phi) is 3.59. The van der Waals surface area contributed by atoms with E-state index in [1.807, 2.05) is 23.1 Å². The number of carbonyl (C=O) groups excluding carboxylic acids is 1. The molecule has 0 radical (unpaired) electrons. The predicted octanol–water partition coefficient (Wildman–Crippen LogP) is 2.25. The van der Waals surface area contributed by atoms with Crippen molar-refractivity contribution in [3.8, 4) is 0 Å². The Hall–Kier alpha value is -2.01. The summed E-state index contributed by atoms with van der Waals surface area (Å²) in [6.45, 7) is 3.59. The number of benzene rings is 1. The third-order valence-corrected chi connectivity index (χ3v) is 4.42. The van der Waals surface area contributed by atoms with Crippen LogP contribution in [0, 0.1) is 5.92 Å². The molecule has 5 heteroatoms. The summed E-state index contributed by atoms with van der Waals surface area (Å²) in [6, 6.07) is 5.58. The first kappa shape index (κ1) is 13.9. The number of methoxy groups -OCH3 is 1. The van der Waals surface area contributed by atoms with Crippen LogP contribution in [0.3, 0.4) is 0 Å². The van der Waals surface area contributed by atoms with Gasteiger partial charge in [-0.05, 0) is 30.5 Å². The summed E-state index contributed by atoms with van der Waals surface area (Å²) in [7, 11) is 1.71. The maximum Gasteiger partial charge on any atom is 0.256 e. The van der Waals surface area contributed by atoms with Gasteiger partial charge in [0.05, 0.1) is 11.7 Å². The number of nitrogens with two attached hydrogens (primary N) is 1. The molecule has 1 saturated heterocycles. The number of amides is 1. The van der Waals surface area contributed by atoms with Gasteiger partial charge < -0.3 is 20.4 Å². The fraction of sp³-hybridized carbons (Fsp3) is 0.438. The number of aromatic nitrogens is 1. The van der Waals surface area contributed by atoms with Crippen LogP contribution in [0.5, 0.6) is 0 Å². The molecule has 1 aromatic carbocycles. The number of fused-ring (bicyclic) bond motifs is 1. The van der Waals surface area contributed by atoms with Crippen LogP contribution in [-0.2, 0) is 4.74 Å². The average Bonchev–Trinajstić information content (AvgIpc) is 2.90. The Bertz CT molecular complexity index is 665. The molecule has 1 aliphatic rings. The van der Waals surface area contributed by atoms with Crippen molar-refractivity contribution < 1.29 is 9.53 Å². The van der Waals surface area contributed by atoms with Crippen LogP contribution in [0.1, 0.15) is 23.7 Å². The number of hydrogen-bond acceptors (Lipinski definition) is 3. The zero-order valence-corrected chi connectivity index (χ0v) is 12.4. The molecule has 0 saturated carbocycles. The van der Waals surface area contributed by atoms with Gasteiger partial charge >= 0.3 is 0 Å². The second-order valence-electron chi connectivity index (χ2n) is 5.80. The van der Waals surface area contributed by atoms with Crippen LogP contribution < -0.4 is 5.73 Å². The molecule has 2 heterocycles. The Morgan fingerprint density at radius 2 is 2.29 bits per heavy atom. The lowest BCUT2D eigenvalue weighted by atomic mass is 9.95. The van der Waals surface area contributed by atoms with E-state index >= 15 is 0 Å². The van der Waals surface area contributed by atoms with Crippen LogP contribution in [0.15, 0.2) is 24.4 Å².